The Morgan fingerprint density at radius 1 is 1.14 bits per heavy atom. The first-order valence-corrected chi connectivity index (χ1v) is 7.11. The summed E-state index contributed by atoms with van der Waals surface area (Å²) in [6.07, 6.45) is 0. The first-order chi connectivity index (χ1) is 10.2. The fourth-order valence-electron chi connectivity index (χ4n) is 1.78. The second-order valence-electron chi connectivity index (χ2n) is 4.36. The molecule has 0 spiro atoms. The van der Waals surface area contributed by atoms with Crippen molar-refractivity contribution >= 4 is 23.0 Å². The highest BCUT2D eigenvalue weighted by Crippen LogP contribution is 2.13. The summed E-state index contributed by atoms with van der Waals surface area (Å²) in [6.45, 7) is 3.16. The Balaban J connectivity index is 1.85. The van der Waals surface area contributed by atoms with E-state index in [1.807, 2.05) is 31.2 Å². The van der Waals surface area contributed by atoms with E-state index >= 15 is 0 Å². The topological polar surface area (TPSA) is 33.3 Å². The van der Waals surface area contributed by atoms with E-state index < -0.39 is 0 Å². The van der Waals surface area contributed by atoms with Crippen LogP contribution in [0.5, 0.6) is 5.75 Å². The summed E-state index contributed by atoms with van der Waals surface area (Å²) in [7, 11) is 0. The van der Waals surface area contributed by atoms with E-state index in [-0.39, 0.29) is 5.82 Å². The number of nitrogens with one attached hydrogen (secondary N) is 2. The van der Waals surface area contributed by atoms with Crippen molar-refractivity contribution in [1.82, 2.24) is 5.32 Å². The van der Waals surface area contributed by atoms with Crippen molar-refractivity contribution in [3.05, 3.63) is 59.9 Å². The van der Waals surface area contributed by atoms with Crippen molar-refractivity contribution in [3.63, 3.8) is 0 Å². The van der Waals surface area contributed by atoms with Crippen molar-refractivity contribution in [2.45, 2.75) is 13.5 Å². The molecule has 110 valence electrons. The van der Waals surface area contributed by atoms with E-state index in [0.29, 0.717) is 24.0 Å². The van der Waals surface area contributed by atoms with Gasteiger partial charge >= 0.3 is 0 Å². The van der Waals surface area contributed by atoms with Crippen LogP contribution in [0.2, 0.25) is 0 Å². The third-order valence-corrected chi connectivity index (χ3v) is 3.06. The van der Waals surface area contributed by atoms with Crippen LogP contribution in [0.3, 0.4) is 0 Å². The van der Waals surface area contributed by atoms with Crippen LogP contribution in [-0.2, 0) is 6.54 Å². The Bertz CT molecular complexity index is 601. The smallest absolute Gasteiger partial charge is 0.171 e. The lowest BCUT2D eigenvalue weighted by Gasteiger charge is -2.11. The summed E-state index contributed by atoms with van der Waals surface area (Å²) in [5.74, 6) is 0.510. The molecule has 0 aliphatic heterocycles. The van der Waals surface area contributed by atoms with Gasteiger partial charge in [-0.15, -0.1) is 0 Å². The largest absolute Gasteiger partial charge is 0.494 e. The van der Waals surface area contributed by atoms with Gasteiger partial charge in [0.15, 0.2) is 5.11 Å². The van der Waals surface area contributed by atoms with Gasteiger partial charge in [-0.1, -0.05) is 24.3 Å². The summed E-state index contributed by atoms with van der Waals surface area (Å²) in [5.41, 5.74) is 1.43. The normalized spacial score (nSPS) is 10.0. The highest BCUT2D eigenvalue weighted by atomic mass is 32.1. The molecule has 3 nitrogen and oxygen atoms in total. The van der Waals surface area contributed by atoms with Crippen molar-refractivity contribution in [2.24, 2.45) is 0 Å². The molecular formula is C16H17FN2OS. The zero-order valence-electron chi connectivity index (χ0n) is 11.7. The summed E-state index contributed by atoms with van der Waals surface area (Å²) in [6, 6.07) is 14.2. The molecule has 21 heavy (non-hydrogen) atoms. The summed E-state index contributed by atoms with van der Waals surface area (Å²) in [5, 5.41) is 6.26. The molecule has 0 unspecified atom stereocenters. The lowest BCUT2D eigenvalue weighted by Crippen LogP contribution is -2.28. The third kappa shape index (κ3) is 4.72. The predicted molar refractivity (Wildman–Crippen MR) is 87.1 cm³/mol. The van der Waals surface area contributed by atoms with E-state index in [4.69, 9.17) is 17.0 Å². The fourth-order valence-corrected chi connectivity index (χ4v) is 1.96. The number of halogens is 1. The maximum absolute atomic E-state index is 13.5. The Morgan fingerprint density at radius 2 is 1.86 bits per heavy atom. The molecule has 0 radical (unpaired) electrons. The van der Waals surface area contributed by atoms with Crippen molar-refractivity contribution in [2.75, 3.05) is 11.9 Å². The maximum Gasteiger partial charge on any atom is 0.171 e. The van der Waals surface area contributed by atoms with E-state index in [2.05, 4.69) is 10.6 Å². The number of rotatable bonds is 5. The molecule has 0 saturated carbocycles. The Hall–Kier alpha value is -2.14. The number of thiocarbonyl (C=S) groups is 1. The Kier molecular flexibility index (Phi) is 5.51. The number of hydrogen-bond acceptors (Lipinski definition) is 2. The molecule has 0 bridgehead atoms. The minimum absolute atomic E-state index is 0.331. The zero-order chi connectivity index (χ0) is 15.1. The second kappa shape index (κ2) is 7.59. The number of hydrogen-bond donors (Lipinski definition) is 2. The van der Waals surface area contributed by atoms with E-state index in [0.717, 1.165) is 11.3 Å². The first-order valence-electron chi connectivity index (χ1n) is 6.70. The monoisotopic (exact) mass is 304 g/mol. The fraction of sp³-hybridized carbons (Fsp3) is 0.188. The lowest BCUT2D eigenvalue weighted by molar-refractivity contribution is 0.340. The van der Waals surface area contributed by atoms with E-state index in [1.54, 1.807) is 18.2 Å². The van der Waals surface area contributed by atoms with Gasteiger partial charge in [0.25, 0.3) is 0 Å². The van der Waals surface area contributed by atoms with Gasteiger partial charge in [0, 0.05) is 6.54 Å². The molecule has 2 aromatic rings. The van der Waals surface area contributed by atoms with Crippen LogP contribution in [0.1, 0.15) is 12.5 Å². The second-order valence-corrected chi connectivity index (χ2v) is 4.77. The molecule has 2 aromatic carbocycles. The van der Waals surface area contributed by atoms with E-state index in [1.165, 1.54) is 6.07 Å². The third-order valence-electron chi connectivity index (χ3n) is 2.81. The van der Waals surface area contributed by atoms with E-state index in [9.17, 15) is 4.39 Å². The molecule has 0 aliphatic carbocycles. The molecule has 0 saturated heterocycles. The number of para-hydroxylation sites is 1. The molecule has 2 rings (SSSR count). The standard InChI is InChI=1S/C16H17FN2OS/c1-2-20-13-9-7-12(8-10-13)11-18-16(21)19-15-6-4-3-5-14(15)17/h3-10H,2,11H2,1H3,(H2,18,19,21). The summed E-state index contributed by atoms with van der Waals surface area (Å²) < 4.78 is 18.8. The number of anilines is 1. The number of benzene rings is 2. The van der Waals surface area contributed by atoms with Crippen LogP contribution in [0, 0.1) is 5.82 Å². The molecule has 2 N–H and O–H groups in total. The minimum atomic E-state index is -0.331. The van der Waals surface area contributed by atoms with Crippen LogP contribution >= 0.6 is 12.2 Å². The van der Waals surface area contributed by atoms with Gasteiger partial charge < -0.3 is 15.4 Å². The molecule has 0 aliphatic rings. The zero-order valence-corrected chi connectivity index (χ0v) is 12.5. The lowest BCUT2D eigenvalue weighted by atomic mass is 10.2. The van der Waals surface area contributed by atoms with Crippen LogP contribution in [-0.4, -0.2) is 11.7 Å². The van der Waals surface area contributed by atoms with Gasteiger partial charge in [-0.25, -0.2) is 4.39 Å². The quantitative estimate of drug-likeness (QED) is 0.825. The van der Waals surface area contributed by atoms with Crippen LogP contribution in [0.15, 0.2) is 48.5 Å². The Labute approximate surface area is 129 Å². The van der Waals surface area contributed by atoms with Gasteiger partial charge in [-0.3, -0.25) is 0 Å². The molecule has 0 fully saturated rings. The van der Waals surface area contributed by atoms with Crippen molar-refractivity contribution in [1.29, 1.82) is 0 Å². The van der Waals surface area contributed by atoms with Gasteiger partial charge in [0.05, 0.1) is 12.3 Å². The van der Waals surface area contributed by atoms with Crippen LogP contribution < -0.4 is 15.4 Å². The SMILES string of the molecule is CCOc1ccc(CNC(=S)Nc2ccccc2F)cc1. The number of ether oxygens (including phenoxy) is 1. The van der Waals surface area contributed by atoms with Crippen molar-refractivity contribution in [3.8, 4) is 5.75 Å². The first kappa shape index (κ1) is 15.3. The maximum atomic E-state index is 13.5. The Morgan fingerprint density at radius 3 is 2.52 bits per heavy atom. The van der Waals surface area contributed by atoms with Crippen molar-refractivity contribution < 1.29 is 9.13 Å². The molecule has 0 heterocycles. The van der Waals surface area contributed by atoms with Crippen LogP contribution in [0.25, 0.3) is 0 Å². The summed E-state index contributed by atoms with van der Waals surface area (Å²) >= 11 is 5.15. The molecule has 5 heteroatoms. The van der Waals surface area contributed by atoms with Gasteiger partial charge in [0.1, 0.15) is 11.6 Å². The highest BCUT2D eigenvalue weighted by molar-refractivity contribution is 7.80. The van der Waals surface area contributed by atoms with Gasteiger partial charge in [0.2, 0.25) is 0 Å². The highest BCUT2D eigenvalue weighted by Gasteiger charge is 2.03. The molecule has 0 amide bonds. The minimum Gasteiger partial charge on any atom is -0.494 e. The average Bonchev–Trinajstić information content (AvgIpc) is 2.49. The van der Waals surface area contributed by atoms with Gasteiger partial charge in [-0.05, 0) is 49.0 Å². The average molecular weight is 304 g/mol. The summed E-state index contributed by atoms with van der Waals surface area (Å²) in [4.78, 5) is 0. The predicted octanol–water partition coefficient (Wildman–Crippen LogP) is 3.71. The van der Waals surface area contributed by atoms with Crippen LogP contribution in [0.4, 0.5) is 10.1 Å². The molecular weight excluding hydrogens is 287 g/mol. The molecule has 0 atom stereocenters. The molecule has 0 aromatic heterocycles. The van der Waals surface area contributed by atoms with Gasteiger partial charge in [-0.2, -0.15) is 0 Å².